The Balaban J connectivity index is 2.25. The van der Waals surface area contributed by atoms with Crippen LogP contribution in [0.25, 0.3) is 10.9 Å². The minimum atomic E-state index is -2.79. The van der Waals surface area contributed by atoms with Gasteiger partial charge in [-0.2, -0.15) is 0 Å². The number of para-hydroxylation sites is 1. The Hall–Kier alpha value is -11.5. The van der Waals surface area contributed by atoms with Crippen LogP contribution in [0.15, 0.2) is 30.5 Å². The highest BCUT2D eigenvalue weighted by Crippen LogP contribution is 2.21. The quantitative estimate of drug-likeness (QED) is 0.0221. The number of hydrogen-bond donors (Lipinski definition) is 21. The minimum absolute atomic E-state index is 0.0131. The normalized spacial score (nSPS) is 22.0. The molecule has 0 radical (unpaired) electrons. The standard InChI is InChI=1S/C71H108N16O27/c1-8-10-11-12-13-14-15-23-47(89)77-44(29-38-31-74-40-21-17-16-20-39(38)40)64(104)80-43(25-27-51(94)95)63(103)85-55(57(98)59(73)99)68(108)84-54-37(5)114-71(112)53(35(3)9-2)83-62(102)42(24-26-50(92)93)81-66(106)46(34-88)78-48(90)32-75-67(107)56(58(113-7)70(110)111)86-61(101)41(22-18-19-28-72)79-65(105)45(30-52(96)97)82-60(100)36(4)76-49(91)33-87(6)69(54)109/h16-17,20-21,31,35-37,41-46,53-58,74,88,98H,8-15,18-19,22-30,32-34,72H2,1-7H3,(H2,73,99)(H,75,107)(H,76,91)(H,77,89)(H,78,90)(H,79,105)(H,80,104)(H,81,106)(H,82,100)(H,83,102)(H,84,108)(H,85,103)(H,86,101)(H,92,93)(H,94,95)(H,96,97)(H,110,111). The van der Waals surface area contributed by atoms with Crippen LogP contribution in [-0.4, -0.2) is 278 Å². The molecule has 0 spiro atoms. The Bertz CT molecular complexity index is 3730. The maximum atomic E-state index is 14.9. The van der Waals surface area contributed by atoms with E-state index in [1.165, 1.54) is 13.8 Å². The highest BCUT2D eigenvalue weighted by Gasteiger charge is 2.44. The van der Waals surface area contributed by atoms with E-state index in [-0.39, 0.29) is 45.1 Å². The number of fused-ring (bicyclic) bond motifs is 1. The van der Waals surface area contributed by atoms with Crippen LogP contribution in [0.4, 0.5) is 0 Å². The molecule has 15 unspecified atom stereocenters. The van der Waals surface area contributed by atoms with E-state index in [1.807, 2.05) is 16.0 Å². The minimum Gasteiger partial charge on any atom is -0.481 e. The molecule has 23 N–H and O–H groups in total. The van der Waals surface area contributed by atoms with Crippen molar-refractivity contribution < 1.29 is 131 Å². The summed E-state index contributed by atoms with van der Waals surface area (Å²) in [4.78, 5) is 264. The number of primary amides is 1. The van der Waals surface area contributed by atoms with Gasteiger partial charge in [0.05, 0.1) is 26.1 Å². The average molecular weight is 1620 g/mol. The maximum absolute atomic E-state index is 14.9. The number of methoxy groups -OCH3 is 1. The summed E-state index contributed by atoms with van der Waals surface area (Å²) in [6, 6.07) is -15.4. The van der Waals surface area contributed by atoms with E-state index < -0.39 is 255 Å². The van der Waals surface area contributed by atoms with Crippen molar-refractivity contribution in [1.82, 2.24) is 73.7 Å². The number of carbonyl (C=O) groups is 19. The van der Waals surface area contributed by atoms with Crippen LogP contribution < -0.4 is 75.3 Å². The van der Waals surface area contributed by atoms with Gasteiger partial charge in [-0.15, -0.1) is 0 Å². The van der Waals surface area contributed by atoms with Crippen LogP contribution in [0.3, 0.4) is 0 Å². The summed E-state index contributed by atoms with van der Waals surface area (Å²) in [5.41, 5.74) is 12.3. The van der Waals surface area contributed by atoms with Crippen molar-refractivity contribution >= 4 is 123 Å². The number of unbranched alkanes of at least 4 members (excludes halogenated alkanes) is 7. The van der Waals surface area contributed by atoms with Gasteiger partial charge in [-0.1, -0.05) is 83.9 Å². The fourth-order valence-electron chi connectivity index (χ4n) is 11.7. The second-order valence-electron chi connectivity index (χ2n) is 27.4. The molecule has 114 heavy (non-hydrogen) atoms. The highest BCUT2D eigenvalue weighted by molar-refractivity contribution is 6.02. The number of likely N-dealkylation sites (N-methyl/N-ethyl adjacent to an activating group) is 1. The third-order valence-electron chi connectivity index (χ3n) is 18.4. The van der Waals surface area contributed by atoms with E-state index in [1.54, 1.807) is 30.5 Å². The fourth-order valence-corrected chi connectivity index (χ4v) is 11.7. The van der Waals surface area contributed by atoms with Crippen molar-refractivity contribution in [3.63, 3.8) is 0 Å². The Morgan fingerprint density at radius 2 is 1.23 bits per heavy atom. The Labute approximate surface area is 654 Å². The van der Waals surface area contributed by atoms with Gasteiger partial charge in [0.25, 0.3) is 0 Å². The number of nitrogens with one attached hydrogen (secondary N) is 13. The molecule has 15 atom stereocenters. The zero-order chi connectivity index (χ0) is 85.6. The number of carbonyl (C=O) groups excluding carboxylic acids is 15. The second kappa shape index (κ2) is 49.1. The molecule has 634 valence electrons. The number of benzene rings is 1. The summed E-state index contributed by atoms with van der Waals surface area (Å²) in [7, 11) is 1.72. The molecule has 1 aliphatic heterocycles. The van der Waals surface area contributed by atoms with E-state index in [4.69, 9.17) is 20.9 Å². The first-order valence-corrected chi connectivity index (χ1v) is 37.1. The molecule has 0 saturated carbocycles. The molecule has 0 bridgehead atoms. The Morgan fingerprint density at radius 3 is 1.82 bits per heavy atom. The number of cyclic esters (lactones) is 1. The molecule has 3 rings (SSSR count). The number of aromatic nitrogens is 1. The van der Waals surface area contributed by atoms with E-state index >= 15 is 0 Å². The lowest BCUT2D eigenvalue weighted by molar-refractivity contribution is -0.159. The first kappa shape index (κ1) is 96.7. The molecule has 43 nitrogen and oxygen atoms in total. The van der Waals surface area contributed by atoms with Gasteiger partial charge in [0.15, 0.2) is 12.2 Å². The summed E-state index contributed by atoms with van der Waals surface area (Å²) in [6.45, 7) is 3.35. The number of H-pyrrole nitrogens is 1. The van der Waals surface area contributed by atoms with E-state index in [0.29, 0.717) is 34.2 Å². The number of amides is 14. The summed E-state index contributed by atoms with van der Waals surface area (Å²) < 4.78 is 10.7. The van der Waals surface area contributed by atoms with Gasteiger partial charge in [0, 0.05) is 56.9 Å². The van der Waals surface area contributed by atoms with Crippen molar-refractivity contribution in [2.45, 2.75) is 235 Å². The number of carboxylic acid groups (broad SMARTS) is 4. The molecule has 14 amide bonds. The van der Waals surface area contributed by atoms with E-state index in [0.717, 1.165) is 60.1 Å². The van der Waals surface area contributed by atoms with Gasteiger partial charge < -0.3 is 125 Å². The number of aromatic amines is 1. The predicted molar refractivity (Wildman–Crippen MR) is 397 cm³/mol. The Morgan fingerprint density at radius 1 is 0.640 bits per heavy atom. The van der Waals surface area contributed by atoms with Gasteiger partial charge in [0.2, 0.25) is 82.7 Å². The smallest absolute Gasteiger partial charge is 0.335 e. The molecule has 1 aromatic carbocycles. The lowest BCUT2D eigenvalue weighted by Gasteiger charge is -2.32. The highest BCUT2D eigenvalue weighted by atomic mass is 16.5. The zero-order valence-corrected chi connectivity index (χ0v) is 64.5. The number of nitrogens with zero attached hydrogens (tertiary/aromatic N) is 1. The lowest BCUT2D eigenvalue weighted by Crippen LogP contribution is -2.64. The van der Waals surface area contributed by atoms with Crippen molar-refractivity contribution in [3.8, 4) is 0 Å². The van der Waals surface area contributed by atoms with Crippen LogP contribution in [0, 0.1) is 5.92 Å². The van der Waals surface area contributed by atoms with E-state index in [2.05, 4.69) is 59.8 Å². The molecule has 1 aliphatic rings. The molecule has 2 aromatic rings. The lowest BCUT2D eigenvalue weighted by atomic mass is 9.98. The molecule has 43 heteroatoms. The van der Waals surface area contributed by atoms with Gasteiger partial charge in [-0.3, -0.25) is 81.5 Å². The number of aliphatic hydroxyl groups excluding tert-OH is 2. The second-order valence-corrected chi connectivity index (χ2v) is 27.4. The van der Waals surface area contributed by atoms with Crippen molar-refractivity contribution in [3.05, 3.63) is 36.0 Å². The summed E-state index contributed by atoms with van der Waals surface area (Å²) in [6.07, 6.45) is -4.46. The summed E-state index contributed by atoms with van der Waals surface area (Å²) in [5.74, 6) is -27.9. The first-order chi connectivity index (χ1) is 53.8. The molecule has 1 aromatic heterocycles. The molecule has 2 heterocycles. The van der Waals surface area contributed by atoms with Crippen molar-refractivity contribution in [1.29, 1.82) is 0 Å². The molecule has 1 saturated heterocycles. The number of carboxylic acids is 4. The topological polar surface area (TPSA) is 680 Å². The molecular formula is C71H108N16O27. The monoisotopic (exact) mass is 1620 g/mol. The number of nitrogens with two attached hydrogens (primary N) is 2. The van der Waals surface area contributed by atoms with Crippen molar-refractivity contribution in [2.75, 3.05) is 40.4 Å². The third kappa shape index (κ3) is 32.3. The number of aliphatic hydroxyl groups is 2. The number of hydrogen-bond acceptors (Lipinski definition) is 24. The van der Waals surface area contributed by atoms with Crippen molar-refractivity contribution in [2.24, 2.45) is 17.4 Å². The fraction of sp³-hybridized carbons (Fsp3) is 0.620. The van der Waals surface area contributed by atoms with Crippen LogP contribution in [-0.2, 0) is 107 Å². The molecular weight excluding hydrogens is 1510 g/mol. The van der Waals surface area contributed by atoms with Crippen LogP contribution in [0.2, 0.25) is 0 Å². The van der Waals surface area contributed by atoms with Crippen LogP contribution in [0.1, 0.15) is 149 Å². The zero-order valence-electron chi connectivity index (χ0n) is 64.5. The average Bonchev–Trinajstić information content (AvgIpc) is 1.65. The van der Waals surface area contributed by atoms with Gasteiger partial charge >= 0.3 is 29.8 Å². The number of esters is 1. The van der Waals surface area contributed by atoms with Gasteiger partial charge in [0.1, 0.15) is 72.6 Å². The third-order valence-corrected chi connectivity index (χ3v) is 18.4. The number of ether oxygens (including phenoxy) is 2. The van der Waals surface area contributed by atoms with Gasteiger partial charge in [-0.05, 0) is 76.5 Å². The summed E-state index contributed by atoms with van der Waals surface area (Å²) >= 11 is 0. The Kier molecular flexibility index (Phi) is 41.7. The van der Waals surface area contributed by atoms with E-state index in [9.17, 15) is 122 Å². The van der Waals surface area contributed by atoms with Crippen LogP contribution in [0.5, 0.6) is 0 Å². The molecule has 1 fully saturated rings. The first-order valence-electron chi connectivity index (χ1n) is 37.1. The largest absolute Gasteiger partial charge is 0.481 e. The number of aliphatic carboxylic acids is 4. The number of rotatable bonds is 37. The van der Waals surface area contributed by atoms with Gasteiger partial charge in [-0.25, -0.2) is 9.59 Å². The predicted octanol–water partition coefficient (Wildman–Crippen LogP) is -5.96. The van der Waals surface area contributed by atoms with Crippen LogP contribution >= 0.6 is 0 Å². The molecule has 0 aliphatic carbocycles. The maximum Gasteiger partial charge on any atom is 0.335 e. The summed E-state index contributed by atoms with van der Waals surface area (Å²) in [5, 5.41) is 88.3. The SMILES string of the molecule is CCCCCCCCCC(=O)NC(Cc1c[nH]c2ccccc12)C(=O)NC(CCC(=O)O)C(=O)NC(C(=O)NC1C(=O)N(C)CC(=O)NC(C)C(=O)NC(CC(=O)O)C(=O)NC(CCCCN)C(=O)NC(C(OC)C(=O)O)C(=O)NCC(=O)NC(CO)C(=O)NC(CCC(=O)O)C(=O)NC(C(C)CC)C(=O)OC1C)C(O)C(N)=O.